The second kappa shape index (κ2) is 6.42. The van der Waals surface area contributed by atoms with Crippen LogP contribution in [0.3, 0.4) is 0 Å². The number of anilines is 1. The van der Waals surface area contributed by atoms with Crippen LogP contribution in [0, 0.1) is 6.92 Å². The molecule has 2 rings (SSSR count). The molecule has 0 fully saturated rings. The minimum Gasteiger partial charge on any atom is -0.467 e. The normalized spacial score (nSPS) is 10.5. The predicted molar refractivity (Wildman–Crippen MR) is 77.1 cm³/mol. The summed E-state index contributed by atoms with van der Waals surface area (Å²) in [6, 6.07) is 5.32. The van der Waals surface area contributed by atoms with Gasteiger partial charge in [0.25, 0.3) is 0 Å². The summed E-state index contributed by atoms with van der Waals surface area (Å²) in [4.78, 5) is 21.9. The Kier molecular flexibility index (Phi) is 4.62. The van der Waals surface area contributed by atoms with Crippen LogP contribution in [0.5, 0.6) is 0 Å². The van der Waals surface area contributed by atoms with Crippen LogP contribution in [0.15, 0.2) is 34.0 Å². The smallest absolute Gasteiger partial charge is 0.233 e. The van der Waals surface area contributed by atoms with Gasteiger partial charge in [-0.05, 0) is 19.1 Å². The van der Waals surface area contributed by atoms with Gasteiger partial charge >= 0.3 is 0 Å². The lowest BCUT2D eigenvalue weighted by atomic mass is 10.4. The summed E-state index contributed by atoms with van der Waals surface area (Å²) >= 11 is 1.27. The number of aryl methyl sites for hydroxylation is 1. The summed E-state index contributed by atoms with van der Waals surface area (Å²) < 4.78 is 5.21. The van der Waals surface area contributed by atoms with Gasteiger partial charge in [0.1, 0.15) is 11.6 Å². The number of furan rings is 1. The Morgan fingerprint density at radius 2 is 2.30 bits per heavy atom. The predicted octanol–water partition coefficient (Wildman–Crippen LogP) is 1.71. The molecule has 2 aromatic rings. The van der Waals surface area contributed by atoms with Crippen molar-refractivity contribution in [2.75, 3.05) is 18.5 Å². The summed E-state index contributed by atoms with van der Waals surface area (Å²) in [6.45, 7) is 2.29. The maximum atomic E-state index is 12.0. The quantitative estimate of drug-likeness (QED) is 0.667. The Bertz CT molecular complexity index is 566. The number of nitrogens with two attached hydrogens (primary N) is 1. The lowest BCUT2D eigenvalue weighted by molar-refractivity contribution is -0.127. The molecule has 6 nitrogen and oxygen atoms in total. The molecule has 0 aliphatic carbocycles. The first kappa shape index (κ1) is 14.4. The van der Waals surface area contributed by atoms with E-state index in [1.54, 1.807) is 30.3 Å². The standard InChI is InChI=1S/C13H16N4O2S/c1-9-6-11(14)16-13(15-9)20-8-12(18)17(2)7-10-4-3-5-19-10/h3-6H,7-8H2,1-2H3,(H2,14,15,16). The van der Waals surface area contributed by atoms with Crippen molar-refractivity contribution in [3.63, 3.8) is 0 Å². The Morgan fingerprint density at radius 3 is 2.95 bits per heavy atom. The molecule has 2 aromatic heterocycles. The number of carbonyl (C=O) groups excluding carboxylic acids is 1. The molecule has 0 aliphatic rings. The summed E-state index contributed by atoms with van der Waals surface area (Å²) in [5.41, 5.74) is 6.43. The Morgan fingerprint density at radius 1 is 1.50 bits per heavy atom. The van der Waals surface area contributed by atoms with Gasteiger partial charge in [0.2, 0.25) is 5.91 Å². The van der Waals surface area contributed by atoms with Crippen molar-refractivity contribution in [3.8, 4) is 0 Å². The molecule has 0 aliphatic heterocycles. The van der Waals surface area contributed by atoms with Gasteiger partial charge in [-0.2, -0.15) is 0 Å². The van der Waals surface area contributed by atoms with E-state index >= 15 is 0 Å². The molecule has 2 N–H and O–H groups in total. The average Bonchev–Trinajstić information content (AvgIpc) is 2.87. The molecule has 0 bridgehead atoms. The highest BCUT2D eigenvalue weighted by Gasteiger charge is 2.12. The molecule has 0 saturated heterocycles. The van der Waals surface area contributed by atoms with Crippen LogP contribution < -0.4 is 5.73 Å². The first-order valence-electron chi connectivity index (χ1n) is 6.05. The fourth-order valence-corrected chi connectivity index (χ4v) is 2.44. The second-order valence-corrected chi connectivity index (χ2v) is 5.28. The maximum Gasteiger partial charge on any atom is 0.233 e. The van der Waals surface area contributed by atoms with Crippen molar-refractivity contribution in [1.29, 1.82) is 0 Å². The zero-order valence-electron chi connectivity index (χ0n) is 11.4. The molecule has 0 atom stereocenters. The molecule has 20 heavy (non-hydrogen) atoms. The topological polar surface area (TPSA) is 85.2 Å². The maximum absolute atomic E-state index is 12.0. The second-order valence-electron chi connectivity index (χ2n) is 4.33. The molecular weight excluding hydrogens is 276 g/mol. The third-order valence-electron chi connectivity index (χ3n) is 2.58. The van der Waals surface area contributed by atoms with Crippen LogP contribution >= 0.6 is 11.8 Å². The number of amides is 1. The van der Waals surface area contributed by atoms with Gasteiger partial charge in [0.05, 0.1) is 18.6 Å². The van der Waals surface area contributed by atoms with E-state index in [-0.39, 0.29) is 11.7 Å². The van der Waals surface area contributed by atoms with E-state index in [1.165, 1.54) is 11.8 Å². The fraction of sp³-hybridized carbons (Fsp3) is 0.308. The van der Waals surface area contributed by atoms with Gasteiger partial charge in [0, 0.05) is 18.8 Å². The Hall–Kier alpha value is -2.02. The number of hydrogen-bond donors (Lipinski definition) is 1. The molecule has 0 spiro atoms. The molecule has 7 heteroatoms. The first-order valence-corrected chi connectivity index (χ1v) is 7.03. The monoisotopic (exact) mass is 292 g/mol. The van der Waals surface area contributed by atoms with E-state index in [9.17, 15) is 4.79 Å². The van der Waals surface area contributed by atoms with E-state index in [0.717, 1.165) is 11.5 Å². The van der Waals surface area contributed by atoms with Crippen molar-refractivity contribution in [1.82, 2.24) is 14.9 Å². The summed E-state index contributed by atoms with van der Waals surface area (Å²) in [5, 5.41) is 0.516. The van der Waals surface area contributed by atoms with Gasteiger partial charge in [0.15, 0.2) is 5.16 Å². The Balaban J connectivity index is 1.88. The number of thioether (sulfide) groups is 1. The van der Waals surface area contributed by atoms with E-state index in [2.05, 4.69) is 9.97 Å². The summed E-state index contributed by atoms with van der Waals surface area (Å²) in [7, 11) is 1.73. The van der Waals surface area contributed by atoms with E-state index < -0.39 is 0 Å². The van der Waals surface area contributed by atoms with Crippen LogP contribution in [0.2, 0.25) is 0 Å². The van der Waals surface area contributed by atoms with Crippen molar-refractivity contribution < 1.29 is 9.21 Å². The number of nitrogens with zero attached hydrogens (tertiary/aromatic N) is 3. The SMILES string of the molecule is Cc1cc(N)nc(SCC(=O)N(C)Cc2ccco2)n1. The van der Waals surface area contributed by atoms with Crippen molar-refractivity contribution in [3.05, 3.63) is 35.9 Å². The molecule has 0 unspecified atom stereocenters. The third-order valence-corrected chi connectivity index (χ3v) is 3.41. The highest BCUT2D eigenvalue weighted by Crippen LogP contribution is 2.16. The van der Waals surface area contributed by atoms with Crippen molar-refractivity contribution in [2.24, 2.45) is 0 Å². The molecule has 1 amide bonds. The highest BCUT2D eigenvalue weighted by atomic mass is 32.2. The highest BCUT2D eigenvalue weighted by molar-refractivity contribution is 7.99. The number of nitrogen functional groups attached to an aromatic ring is 1. The first-order chi connectivity index (χ1) is 9.54. The van der Waals surface area contributed by atoms with Crippen LogP contribution in [-0.2, 0) is 11.3 Å². The summed E-state index contributed by atoms with van der Waals surface area (Å²) in [5.74, 6) is 1.41. The van der Waals surface area contributed by atoms with Gasteiger partial charge in [-0.3, -0.25) is 4.79 Å². The average molecular weight is 292 g/mol. The fourth-order valence-electron chi connectivity index (χ4n) is 1.59. The van der Waals surface area contributed by atoms with E-state index in [0.29, 0.717) is 17.5 Å². The van der Waals surface area contributed by atoms with Crippen LogP contribution in [0.4, 0.5) is 5.82 Å². The van der Waals surface area contributed by atoms with Crippen LogP contribution in [-0.4, -0.2) is 33.6 Å². The third kappa shape index (κ3) is 3.99. The molecule has 0 saturated carbocycles. The van der Waals surface area contributed by atoms with Crippen LogP contribution in [0.25, 0.3) is 0 Å². The number of aromatic nitrogens is 2. The van der Waals surface area contributed by atoms with Crippen LogP contribution in [0.1, 0.15) is 11.5 Å². The zero-order valence-corrected chi connectivity index (χ0v) is 12.2. The van der Waals surface area contributed by atoms with E-state index in [4.69, 9.17) is 10.2 Å². The molecular formula is C13H16N4O2S. The van der Waals surface area contributed by atoms with Gasteiger partial charge < -0.3 is 15.1 Å². The van der Waals surface area contributed by atoms with Crippen molar-refractivity contribution >= 4 is 23.5 Å². The number of carbonyl (C=O) groups is 1. The largest absolute Gasteiger partial charge is 0.467 e. The van der Waals surface area contributed by atoms with E-state index in [1.807, 2.05) is 13.0 Å². The van der Waals surface area contributed by atoms with Gasteiger partial charge in [-0.15, -0.1) is 0 Å². The molecule has 0 radical (unpaired) electrons. The minimum absolute atomic E-state index is 0.0184. The number of hydrogen-bond acceptors (Lipinski definition) is 6. The molecule has 2 heterocycles. The van der Waals surface area contributed by atoms with Gasteiger partial charge in [-0.25, -0.2) is 9.97 Å². The van der Waals surface area contributed by atoms with Gasteiger partial charge in [-0.1, -0.05) is 11.8 Å². The minimum atomic E-state index is -0.0184. The molecule has 0 aromatic carbocycles. The molecule has 106 valence electrons. The van der Waals surface area contributed by atoms with Crippen molar-refractivity contribution in [2.45, 2.75) is 18.6 Å². The summed E-state index contributed by atoms with van der Waals surface area (Å²) in [6.07, 6.45) is 1.59. The zero-order chi connectivity index (χ0) is 14.5. The lowest BCUT2D eigenvalue weighted by Crippen LogP contribution is -2.27. The lowest BCUT2D eigenvalue weighted by Gasteiger charge is -2.15. The number of rotatable bonds is 5. The Labute approximate surface area is 121 Å².